The fourth-order valence-corrected chi connectivity index (χ4v) is 2.01. The van der Waals surface area contributed by atoms with E-state index in [2.05, 4.69) is 10.2 Å². The van der Waals surface area contributed by atoms with Crippen molar-refractivity contribution in [3.63, 3.8) is 0 Å². The zero-order valence-corrected chi connectivity index (χ0v) is 12.1. The Balaban J connectivity index is 1.89. The highest BCUT2D eigenvalue weighted by Gasteiger charge is 2.15. The van der Waals surface area contributed by atoms with Gasteiger partial charge in [-0.15, -0.1) is 10.2 Å². The van der Waals surface area contributed by atoms with E-state index in [0.717, 1.165) is 11.8 Å². The number of amides is 1. The second-order valence-corrected chi connectivity index (χ2v) is 5.60. The van der Waals surface area contributed by atoms with Crippen LogP contribution in [0.25, 0.3) is 0 Å². The van der Waals surface area contributed by atoms with Gasteiger partial charge in [-0.25, -0.2) is 0 Å². The van der Waals surface area contributed by atoms with Crippen LogP contribution >= 0.6 is 23.4 Å². The zero-order chi connectivity index (χ0) is 14.5. The van der Waals surface area contributed by atoms with Crippen molar-refractivity contribution in [2.24, 2.45) is 5.73 Å². The van der Waals surface area contributed by atoms with Crippen molar-refractivity contribution >= 4 is 29.3 Å². The number of thioether (sulfide) groups is 1. The van der Waals surface area contributed by atoms with Crippen LogP contribution in [0.5, 0.6) is 5.75 Å². The molecule has 0 spiro atoms. The van der Waals surface area contributed by atoms with Crippen molar-refractivity contribution in [1.29, 1.82) is 0 Å². The number of halogens is 1. The van der Waals surface area contributed by atoms with Gasteiger partial charge in [0.25, 0.3) is 11.1 Å². The first-order valence-corrected chi connectivity index (χ1v) is 6.97. The fourth-order valence-electron chi connectivity index (χ4n) is 1.23. The predicted octanol–water partition coefficient (Wildman–Crippen LogP) is 2.27. The van der Waals surface area contributed by atoms with E-state index in [-0.39, 0.29) is 11.8 Å². The first-order valence-electron chi connectivity index (χ1n) is 5.71. The average Bonchev–Trinajstić information content (AvgIpc) is 2.85. The van der Waals surface area contributed by atoms with E-state index < -0.39 is 11.2 Å². The van der Waals surface area contributed by atoms with Gasteiger partial charge in [-0.3, -0.25) is 4.79 Å². The summed E-state index contributed by atoms with van der Waals surface area (Å²) in [4.78, 5) is 10.9. The van der Waals surface area contributed by atoms with Crippen LogP contribution in [0, 0.1) is 0 Å². The lowest BCUT2D eigenvalue weighted by Crippen LogP contribution is -2.22. The second kappa shape index (κ2) is 6.62. The van der Waals surface area contributed by atoms with Crippen LogP contribution in [0.3, 0.4) is 0 Å². The lowest BCUT2D eigenvalue weighted by Gasteiger charge is -2.03. The Kier molecular flexibility index (Phi) is 4.86. The van der Waals surface area contributed by atoms with Crippen LogP contribution in [-0.2, 0) is 11.4 Å². The van der Waals surface area contributed by atoms with Gasteiger partial charge in [0.05, 0.1) is 5.25 Å². The van der Waals surface area contributed by atoms with Gasteiger partial charge in [0.2, 0.25) is 5.91 Å². The molecule has 0 aliphatic rings. The molecule has 0 saturated heterocycles. The van der Waals surface area contributed by atoms with E-state index in [4.69, 9.17) is 26.5 Å². The van der Waals surface area contributed by atoms with Crippen LogP contribution in [0.15, 0.2) is 33.9 Å². The third-order valence-corrected chi connectivity index (χ3v) is 3.51. The van der Waals surface area contributed by atoms with E-state index >= 15 is 0 Å². The highest BCUT2D eigenvalue weighted by atomic mass is 35.5. The van der Waals surface area contributed by atoms with Crippen LogP contribution in [0.1, 0.15) is 12.8 Å². The van der Waals surface area contributed by atoms with Gasteiger partial charge in [0.1, 0.15) is 5.75 Å². The Hall–Kier alpha value is -1.73. The van der Waals surface area contributed by atoms with Crippen LogP contribution in [0.4, 0.5) is 0 Å². The molecule has 0 unspecified atom stereocenters. The molecule has 0 bridgehead atoms. The lowest BCUT2D eigenvalue weighted by molar-refractivity contribution is -0.117. The molecule has 0 saturated carbocycles. The lowest BCUT2D eigenvalue weighted by atomic mass is 10.3. The summed E-state index contributed by atoms with van der Waals surface area (Å²) in [6, 6.07) is 6.92. The maximum absolute atomic E-state index is 10.9. The molecule has 106 valence electrons. The number of carbonyl (C=O) groups excluding carboxylic acids is 1. The minimum Gasteiger partial charge on any atom is -0.484 e. The van der Waals surface area contributed by atoms with Crippen LogP contribution in [-0.4, -0.2) is 21.4 Å². The molecule has 6 nitrogen and oxygen atoms in total. The molecular weight excluding hydrogens is 302 g/mol. The van der Waals surface area contributed by atoms with Crippen molar-refractivity contribution in [2.75, 3.05) is 0 Å². The summed E-state index contributed by atoms with van der Waals surface area (Å²) in [7, 11) is 0. The van der Waals surface area contributed by atoms with E-state index in [1.807, 2.05) is 0 Å². The largest absolute Gasteiger partial charge is 0.484 e. The van der Waals surface area contributed by atoms with Crippen LogP contribution < -0.4 is 10.5 Å². The van der Waals surface area contributed by atoms with Gasteiger partial charge in [0.15, 0.2) is 6.61 Å². The van der Waals surface area contributed by atoms with E-state index in [9.17, 15) is 4.79 Å². The van der Waals surface area contributed by atoms with E-state index in [1.54, 1.807) is 31.2 Å². The molecule has 0 radical (unpaired) electrons. The van der Waals surface area contributed by atoms with Crippen molar-refractivity contribution in [1.82, 2.24) is 10.2 Å². The van der Waals surface area contributed by atoms with Crippen molar-refractivity contribution in [3.05, 3.63) is 35.2 Å². The molecule has 20 heavy (non-hydrogen) atoms. The number of aromatic nitrogens is 2. The molecule has 1 aromatic carbocycles. The number of nitrogens with two attached hydrogens (primary N) is 1. The minimum absolute atomic E-state index is 0.139. The number of carbonyl (C=O) groups is 1. The highest BCUT2D eigenvalue weighted by molar-refractivity contribution is 8.00. The SMILES string of the molecule is C[C@H](Sc1nnc(COc2ccc(Cl)cc2)o1)C(N)=O. The number of hydrogen-bond acceptors (Lipinski definition) is 6. The monoisotopic (exact) mass is 313 g/mol. The standard InChI is InChI=1S/C12H12ClN3O3S/c1-7(11(14)17)20-12-16-15-10(19-12)6-18-9-4-2-8(13)3-5-9/h2-5,7H,6H2,1H3,(H2,14,17)/t7-/m0/s1. The number of rotatable bonds is 6. The number of nitrogens with zero attached hydrogens (tertiary/aromatic N) is 2. The smallest absolute Gasteiger partial charge is 0.277 e. The Morgan fingerprint density at radius 3 is 2.80 bits per heavy atom. The molecule has 2 aromatic rings. The Bertz CT molecular complexity index is 588. The summed E-state index contributed by atoms with van der Waals surface area (Å²) in [5.74, 6) is 0.526. The Morgan fingerprint density at radius 1 is 1.45 bits per heavy atom. The van der Waals surface area contributed by atoms with E-state index in [0.29, 0.717) is 16.7 Å². The molecule has 2 N–H and O–H groups in total. The predicted molar refractivity (Wildman–Crippen MR) is 74.6 cm³/mol. The molecule has 1 heterocycles. The Labute approximate surface area is 124 Å². The first-order chi connectivity index (χ1) is 9.54. The maximum atomic E-state index is 10.9. The molecule has 1 aromatic heterocycles. The molecule has 0 aliphatic heterocycles. The number of hydrogen-bond donors (Lipinski definition) is 1. The van der Waals surface area contributed by atoms with Gasteiger partial charge < -0.3 is 14.9 Å². The fraction of sp³-hybridized carbons (Fsp3) is 0.250. The molecular formula is C12H12ClN3O3S. The summed E-state index contributed by atoms with van der Waals surface area (Å²) >= 11 is 6.88. The van der Waals surface area contributed by atoms with Gasteiger partial charge in [0, 0.05) is 5.02 Å². The maximum Gasteiger partial charge on any atom is 0.277 e. The quantitative estimate of drug-likeness (QED) is 0.823. The number of ether oxygens (including phenoxy) is 1. The van der Waals surface area contributed by atoms with Gasteiger partial charge in [-0.2, -0.15) is 0 Å². The average molecular weight is 314 g/mol. The van der Waals surface area contributed by atoms with Crippen molar-refractivity contribution < 1.29 is 13.9 Å². The summed E-state index contributed by atoms with van der Waals surface area (Å²) in [6.45, 7) is 1.81. The summed E-state index contributed by atoms with van der Waals surface area (Å²) in [5, 5.41) is 8.11. The molecule has 1 atom stereocenters. The first kappa shape index (κ1) is 14.7. The zero-order valence-electron chi connectivity index (χ0n) is 10.6. The normalized spacial score (nSPS) is 12.1. The third-order valence-electron chi connectivity index (χ3n) is 2.30. The molecule has 0 fully saturated rings. The highest BCUT2D eigenvalue weighted by Crippen LogP contribution is 2.22. The number of primary amides is 1. The molecule has 8 heteroatoms. The molecule has 0 aliphatic carbocycles. The summed E-state index contributed by atoms with van der Waals surface area (Å²) < 4.78 is 10.8. The second-order valence-electron chi connectivity index (χ2n) is 3.87. The minimum atomic E-state index is -0.438. The van der Waals surface area contributed by atoms with Gasteiger partial charge in [-0.05, 0) is 31.2 Å². The molecule has 2 rings (SSSR count). The van der Waals surface area contributed by atoms with Crippen molar-refractivity contribution in [2.45, 2.75) is 24.0 Å². The van der Waals surface area contributed by atoms with Gasteiger partial charge in [-0.1, -0.05) is 23.4 Å². The van der Waals surface area contributed by atoms with Gasteiger partial charge >= 0.3 is 0 Å². The van der Waals surface area contributed by atoms with Crippen LogP contribution in [0.2, 0.25) is 5.02 Å². The van der Waals surface area contributed by atoms with Crippen molar-refractivity contribution in [3.8, 4) is 5.75 Å². The topological polar surface area (TPSA) is 91.2 Å². The third kappa shape index (κ3) is 4.14. The Morgan fingerprint density at radius 2 is 2.15 bits per heavy atom. The number of benzene rings is 1. The van der Waals surface area contributed by atoms with E-state index in [1.165, 1.54) is 0 Å². The summed E-state index contributed by atoms with van der Waals surface area (Å²) in [6.07, 6.45) is 0. The molecule has 1 amide bonds. The summed E-state index contributed by atoms with van der Waals surface area (Å²) in [5.41, 5.74) is 5.15.